The molecule has 2 heterocycles. The zero-order valence-electron chi connectivity index (χ0n) is 9.02. The van der Waals surface area contributed by atoms with Crippen molar-refractivity contribution in [2.45, 2.75) is 6.42 Å². The van der Waals surface area contributed by atoms with E-state index in [9.17, 15) is 0 Å². The Morgan fingerprint density at radius 3 is 2.71 bits per heavy atom. The van der Waals surface area contributed by atoms with Gasteiger partial charge in [0.05, 0.1) is 11.6 Å². The van der Waals surface area contributed by atoms with Gasteiger partial charge < -0.3 is 4.74 Å². The second-order valence-electron chi connectivity index (χ2n) is 3.31. The number of methoxy groups -OCH3 is 1. The van der Waals surface area contributed by atoms with Crippen LogP contribution in [-0.2, 0) is 6.42 Å². The highest BCUT2D eigenvalue weighted by Gasteiger charge is 2.04. The lowest BCUT2D eigenvalue weighted by Crippen LogP contribution is -1.98. The Balaban J connectivity index is 2.16. The van der Waals surface area contributed by atoms with Crippen LogP contribution in [0, 0.1) is 0 Å². The fourth-order valence-corrected chi connectivity index (χ4v) is 1.62. The van der Waals surface area contributed by atoms with Crippen LogP contribution in [0.5, 0.6) is 5.88 Å². The summed E-state index contributed by atoms with van der Waals surface area (Å²) >= 11 is 9.14. The molecule has 0 radical (unpaired) electrons. The minimum absolute atomic E-state index is 0.413. The van der Waals surface area contributed by atoms with Crippen molar-refractivity contribution in [3.63, 3.8) is 0 Å². The SMILES string of the molecule is COc1ccc(Cc2ncc(Br)c(Cl)n2)cn1. The maximum atomic E-state index is 5.89. The summed E-state index contributed by atoms with van der Waals surface area (Å²) in [6.45, 7) is 0. The van der Waals surface area contributed by atoms with E-state index in [0.29, 0.717) is 27.8 Å². The maximum Gasteiger partial charge on any atom is 0.212 e. The summed E-state index contributed by atoms with van der Waals surface area (Å²) in [5.41, 5.74) is 1.00. The molecule has 0 spiro atoms. The number of rotatable bonds is 3. The van der Waals surface area contributed by atoms with E-state index in [-0.39, 0.29) is 0 Å². The second kappa shape index (κ2) is 5.42. The van der Waals surface area contributed by atoms with E-state index in [2.05, 4.69) is 30.9 Å². The van der Waals surface area contributed by atoms with Crippen molar-refractivity contribution in [1.29, 1.82) is 0 Å². The summed E-state index contributed by atoms with van der Waals surface area (Å²) in [5, 5.41) is 0.413. The van der Waals surface area contributed by atoms with Crippen molar-refractivity contribution in [2.75, 3.05) is 7.11 Å². The van der Waals surface area contributed by atoms with Gasteiger partial charge in [0, 0.05) is 24.9 Å². The van der Waals surface area contributed by atoms with E-state index in [1.165, 1.54) is 0 Å². The first-order valence-corrected chi connectivity index (χ1v) is 6.02. The molecule has 2 rings (SSSR count). The van der Waals surface area contributed by atoms with Crippen molar-refractivity contribution in [3.05, 3.63) is 45.5 Å². The van der Waals surface area contributed by atoms with E-state index in [4.69, 9.17) is 16.3 Å². The molecule has 0 N–H and O–H groups in total. The number of hydrogen-bond donors (Lipinski definition) is 0. The highest BCUT2D eigenvalue weighted by molar-refractivity contribution is 9.10. The summed E-state index contributed by atoms with van der Waals surface area (Å²) in [5.74, 6) is 1.24. The van der Waals surface area contributed by atoms with Gasteiger partial charge in [-0.2, -0.15) is 0 Å². The number of hydrogen-bond acceptors (Lipinski definition) is 4. The molecular formula is C11H9BrClN3O. The van der Waals surface area contributed by atoms with Gasteiger partial charge in [-0.25, -0.2) is 15.0 Å². The fourth-order valence-electron chi connectivity index (χ4n) is 1.28. The molecule has 2 aromatic heterocycles. The van der Waals surface area contributed by atoms with E-state index in [0.717, 1.165) is 5.56 Å². The standard InChI is InChI=1S/C11H9BrClN3O/c1-17-10-3-2-7(5-15-10)4-9-14-6-8(12)11(13)16-9/h2-3,5-6H,4H2,1H3. The van der Waals surface area contributed by atoms with E-state index >= 15 is 0 Å². The van der Waals surface area contributed by atoms with E-state index in [1.54, 1.807) is 25.6 Å². The van der Waals surface area contributed by atoms with Crippen LogP contribution in [0.1, 0.15) is 11.4 Å². The number of aromatic nitrogens is 3. The molecule has 0 saturated heterocycles. The molecule has 0 aliphatic heterocycles. The van der Waals surface area contributed by atoms with Gasteiger partial charge in [-0.05, 0) is 21.5 Å². The third-order valence-electron chi connectivity index (χ3n) is 2.12. The lowest BCUT2D eigenvalue weighted by Gasteiger charge is -2.03. The third kappa shape index (κ3) is 3.14. The van der Waals surface area contributed by atoms with Gasteiger partial charge in [0.1, 0.15) is 11.0 Å². The van der Waals surface area contributed by atoms with Crippen molar-refractivity contribution in [2.24, 2.45) is 0 Å². The van der Waals surface area contributed by atoms with Crippen LogP contribution in [0.2, 0.25) is 5.15 Å². The Kier molecular flexibility index (Phi) is 3.91. The zero-order chi connectivity index (χ0) is 12.3. The van der Waals surface area contributed by atoms with Gasteiger partial charge >= 0.3 is 0 Å². The van der Waals surface area contributed by atoms with Gasteiger partial charge in [0.15, 0.2) is 0 Å². The topological polar surface area (TPSA) is 47.9 Å². The molecule has 88 valence electrons. The second-order valence-corrected chi connectivity index (χ2v) is 4.52. The lowest BCUT2D eigenvalue weighted by atomic mass is 10.2. The molecule has 0 fully saturated rings. The smallest absolute Gasteiger partial charge is 0.212 e. The molecule has 6 heteroatoms. The average molecular weight is 315 g/mol. The van der Waals surface area contributed by atoms with Gasteiger partial charge in [-0.1, -0.05) is 17.7 Å². The fraction of sp³-hybridized carbons (Fsp3) is 0.182. The molecular weight excluding hydrogens is 305 g/mol. The van der Waals surface area contributed by atoms with Gasteiger partial charge in [0.25, 0.3) is 0 Å². The molecule has 2 aromatic rings. The Morgan fingerprint density at radius 1 is 1.29 bits per heavy atom. The normalized spacial score (nSPS) is 10.3. The Hall–Kier alpha value is -1.20. The average Bonchev–Trinajstić information content (AvgIpc) is 2.35. The summed E-state index contributed by atoms with van der Waals surface area (Å²) in [7, 11) is 1.58. The lowest BCUT2D eigenvalue weighted by molar-refractivity contribution is 0.397. The van der Waals surface area contributed by atoms with Crippen molar-refractivity contribution in [3.8, 4) is 5.88 Å². The van der Waals surface area contributed by atoms with Gasteiger partial charge in [-0.3, -0.25) is 0 Å². The summed E-state index contributed by atoms with van der Waals surface area (Å²) < 4.78 is 5.68. The minimum atomic E-state index is 0.413. The molecule has 4 nitrogen and oxygen atoms in total. The Labute approximate surface area is 112 Å². The first-order chi connectivity index (χ1) is 8.19. The van der Waals surface area contributed by atoms with Crippen LogP contribution in [0.4, 0.5) is 0 Å². The minimum Gasteiger partial charge on any atom is -0.481 e. The van der Waals surface area contributed by atoms with Crippen molar-refractivity contribution in [1.82, 2.24) is 15.0 Å². The summed E-state index contributed by atoms with van der Waals surface area (Å²) in [6, 6.07) is 3.72. The first kappa shape index (κ1) is 12.3. The predicted octanol–water partition coefficient (Wildman–Crippen LogP) is 2.89. The Bertz CT molecular complexity index is 519. The molecule has 0 aromatic carbocycles. The highest BCUT2D eigenvalue weighted by atomic mass is 79.9. The van der Waals surface area contributed by atoms with Crippen LogP contribution < -0.4 is 4.74 Å². The molecule has 0 amide bonds. The molecule has 0 unspecified atom stereocenters. The molecule has 0 bridgehead atoms. The van der Waals surface area contributed by atoms with Crippen LogP contribution in [-0.4, -0.2) is 22.1 Å². The molecule has 0 atom stereocenters. The van der Waals surface area contributed by atoms with Crippen LogP contribution in [0.3, 0.4) is 0 Å². The molecule has 0 saturated carbocycles. The number of halogens is 2. The molecule has 17 heavy (non-hydrogen) atoms. The molecule has 0 aliphatic rings. The number of ether oxygens (including phenoxy) is 1. The summed E-state index contributed by atoms with van der Waals surface area (Å²) in [4.78, 5) is 12.4. The monoisotopic (exact) mass is 313 g/mol. The van der Waals surface area contributed by atoms with E-state index in [1.807, 2.05) is 6.07 Å². The zero-order valence-corrected chi connectivity index (χ0v) is 11.4. The first-order valence-electron chi connectivity index (χ1n) is 4.85. The van der Waals surface area contributed by atoms with Gasteiger partial charge in [0.2, 0.25) is 5.88 Å². The van der Waals surface area contributed by atoms with Crippen molar-refractivity contribution < 1.29 is 4.74 Å². The van der Waals surface area contributed by atoms with Crippen LogP contribution in [0.15, 0.2) is 29.0 Å². The number of nitrogens with zero attached hydrogens (tertiary/aromatic N) is 3. The van der Waals surface area contributed by atoms with Crippen molar-refractivity contribution >= 4 is 27.5 Å². The quantitative estimate of drug-likeness (QED) is 0.817. The Morgan fingerprint density at radius 2 is 2.12 bits per heavy atom. The maximum absolute atomic E-state index is 5.89. The number of pyridine rings is 1. The summed E-state index contributed by atoms with van der Waals surface area (Å²) in [6.07, 6.45) is 3.96. The predicted molar refractivity (Wildman–Crippen MR) is 68.3 cm³/mol. The van der Waals surface area contributed by atoms with Gasteiger partial charge in [-0.15, -0.1) is 0 Å². The largest absolute Gasteiger partial charge is 0.481 e. The van der Waals surface area contributed by atoms with E-state index < -0.39 is 0 Å². The van der Waals surface area contributed by atoms with Crippen LogP contribution in [0.25, 0.3) is 0 Å². The third-order valence-corrected chi connectivity index (χ3v) is 3.22. The highest BCUT2D eigenvalue weighted by Crippen LogP contribution is 2.19. The van der Waals surface area contributed by atoms with Crippen LogP contribution >= 0.6 is 27.5 Å². The molecule has 0 aliphatic carbocycles.